The molecule has 0 aromatic heterocycles. The van der Waals surface area contributed by atoms with Crippen LogP contribution in [0.4, 0.5) is 4.39 Å². The molecule has 0 atom stereocenters. The Morgan fingerprint density at radius 2 is 2.26 bits per heavy atom. The van der Waals surface area contributed by atoms with E-state index in [1.807, 2.05) is 6.07 Å². The molecule has 0 spiro atoms. The highest BCUT2D eigenvalue weighted by molar-refractivity contribution is 5.76. The Balaban J connectivity index is 1.77. The van der Waals surface area contributed by atoms with Gasteiger partial charge in [0.05, 0.1) is 13.2 Å². The number of aliphatic carboxylic acids is 1. The van der Waals surface area contributed by atoms with Crippen LogP contribution in [0, 0.1) is 18.2 Å². The third-order valence-corrected chi connectivity index (χ3v) is 3.49. The number of nitrogens with one attached hydrogen (secondary N) is 1. The Morgan fingerprint density at radius 1 is 1.53 bits per heavy atom. The molecule has 1 aromatic rings. The summed E-state index contributed by atoms with van der Waals surface area (Å²) in [5, 5.41) is 12.2. The number of ether oxygens (including phenoxy) is 1. The number of hydrogen-bond acceptors (Lipinski definition) is 3. The minimum Gasteiger partial charge on any atom is -0.481 e. The topological polar surface area (TPSA) is 58.6 Å². The molecule has 0 aliphatic carbocycles. The van der Waals surface area contributed by atoms with E-state index in [0.29, 0.717) is 18.7 Å². The van der Waals surface area contributed by atoms with Crippen molar-refractivity contribution in [3.63, 3.8) is 0 Å². The van der Waals surface area contributed by atoms with Gasteiger partial charge >= 0.3 is 5.97 Å². The summed E-state index contributed by atoms with van der Waals surface area (Å²) in [6.07, 6.45) is 0.748. The first-order chi connectivity index (χ1) is 9.03. The normalized spacial score (nSPS) is 16.9. The molecule has 0 unspecified atom stereocenters. The third-order valence-electron chi connectivity index (χ3n) is 3.49. The van der Waals surface area contributed by atoms with E-state index >= 15 is 0 Å². The Kier molecular flexibility index (Phi) is 4.17. The zero-order valence-electron chi connectivity index (χ0n) is 10.9. The van der Waals surface area contributed by atoms with Gasteiger partial charge in [-0.1, -0.05) is 12.1 Å². The van der Waals surface area contributed by atoms with Gasteiger partial charge in [0.25, 0.3) is 0 Å². The summed E-state index contributed by atoms with van der Waals surface area (Å²) in [5.74, 6) is -1.02. The number of carboxylic acids is 1. The van der Waals surface area contributed by atoms with Crippen molar-refractivity contribution in [2.24, 2.45) is 5.41 Å². The standard InChI is InChI=1S/C14H18FNO3/c1-10-6-11(2-3-12(10)15)4-5-16-7-14(13(17)18)8-19-9-14/h2-3,6,16H,4-5,7-9H2,1H3,(H,17,18). The minimum absolute atomic E-state index is 0.201. The van der Waals surface area contributed by atoms with Crippen LogP contribution in [0.1, 0.15) is 11.1 Å². The third kappa shape index (κ3) is 3.11. The highest BCUT2D eigenvalue weighted by Gasteiger charge is 2.45. The van der Waals surface area contributed by atoms with Gasteiger partial charge in [0.15, 0.2) is 0 Å². The number of halogens is 1. The van der Waals surface area contributed by atoms with Gasteiger partial charge < -0.3 is 15.2 Å². The van der Waals surface area contributed by atoms with Crippen molar-refractivity contribution >= 4 is 5.97 Å². The number of rotatable bonds is 6. The van der Waals surface area contributed by atoms with E-state index in [-0.39, 0.29) is 19.0 Å². The van der Waals surface area contributed by atoms with Crippen LogP contribution in [0.25, 0.3) is 0 Å². The Bertz CT molecular complexity index is 472. The molecule has 0 radical (unpaired) electrons. The van der Waals surface area contributed by atoms with Crippen molar-refractivity contribution in [3.05, 3.63) is 35.1 Å². The van der Waals surface area contributed by atoms with Crippen LogP contribution >= 0.6 is 0 Å². The SMILES string of the molecule is Cc1cc(CCNCC2(C(=O)O)COC2)ccc1F. The van der Waals surface area contributed by atoms with Crippen molar-refractivity contribution < 1.29 is 19.0 Å². The monoisotopic (exact) mass is 267 g/mol. The fourth-order valence-corrected chi connectivity index (χ4v) is 2.07. The average molecular weight is 267 g/mol. The summed E-state index contributed by atoms with van der Waals surface area (Å²) in [6, 6.07) is 5.03. The first-order valence-electron chi connectivity index (χ1n) is 6.30. The Labute approximate surface area is 111 Å². The van der Waals surface area contributed by atoms with Crippen LogP contribution in [0.15, 0.2) is 18.2 Å². The highest BCUT2D eigenvalue weighted by Crippen LogP contribution is 2.26. The van der Waals surface area contributed by atoms with E-state index < -0.39 is 11.4 Å². The highest BCUT2D eigenvalue weighted by atomic mass is 19.1. The van der Waals surface area contributed by atoms with Crippen LogP contribution in [-0.4, -0.2) is 37.4 Å². The van der Waals surface area contributed by atoms with Gasteiger partial charge in [-0.15, -0.1) is 0 Å². The molecule has 1 aliphatic heterocycles. The maximum atomic E-state index is 13.1. The largest absolute Gasteiger partial charge is 0.481 e. The minimum atomic E-state index is -0.816. The molecule has 0 saturated carbocycles. The molecule has 1 aromatic carbocycles. The molecule has 4 nitrogen and oxygen atoms in total. The van der Waals surface area contributed by atoms with Gasteiger partial charge in [-0.2, -0.15) is 0 Å². The maximum absolute atomic E-state index is 13.1. The lowest BCUT2D eigenvalue weighted by molar-refractivity contribution is -0.178. The molecule has 1 aliphatic rings. The second kappa shape index (κ2) is 5.67. The number of carbonyl (C=O) groups is 1. The number of hydrogen-bond donors (Lipinski definition) is 2. The van der Waals surface area contributed by atoms with E-state index in [2.05, 4.69) is 5.32 Å². The first-order valence-corrected chi connectivity index (χ1v) is 6.30. The van der Waals surface area contributed by atoms with Gasteiger partial charge in [-0.3, -0.25) is 4.79 Å². The molecule has 5 heteroatoms. The summed E-state index contributed by atoms with van der Waals surface area (Å²) in [7, 11) is 0. The lowest BCUT2D eigenvalue weighted by atomic mass is 9.86. The molecule has 0 bridgehead atoms. The second-order valence-corrected chi connectivity index (χ2v) is 5.09. The van der Waals surface area contributed by atoms with Crippen molar-refractivity contribution in [3.8, 4) is 0 Å². The molecule has 1 fully saturated rings. The molecule has 104 valence electrons. The van der Waals surface area contributed by atoms with Gasteiger partial charge in [0, 0.05) is 6.54 Å². The van der Waals surface area contributed by atoms with E-state index in [1.54, 1.807) is 13.0 Å². The lowest BCUT2D eigenvalue weighted by Gasteiger charge is -2.37. The van der Waals surface area contributed by atoms with Gasteiger partial charge in [0.1, 0.15) is 11.2 Å². The molecule has 19 heavy (non-hydrogen) atoms. The maximum Gasteiger partial charge on any atom is 0.315 e. The molecule has 2 rings (SSSR count). The smallest absolute Gasteiger partial charge is 0.315 e. The van der Waals surface area contributed by atoms with Crippen molar-refractivity contribution in [2.45, 2.75) is 13.3 Å². The predicted octanol–water partition coefficient (Wildman–Crippen LogP) is 1.37. The Morgan fingerprint density at radius 3 is 2.79 bits per heavy atom. The van der Waals surface area contributed by atoms with Crippen LogP contribution < -0.4 is 5.32 Å². The van der Waals surface area contributed by atoms with Gasteiger partial charge in [-0.25, -0.2) is 4.39 Å². The predicted molar refractivity (Wildman–Crippen MR) is 68.6 cm³/mol. The first kappa shape index (κ1) is 14.0. The van der Waals surface area contributed by atoms with E-state index in [0.717, 1.165) is 12.0 Å². The van der Waals surface area contributed by atoms with Crippen LogP contribution in [0.5, 0.6) is 0 Å². The quantitative estimate of drug-likeness (QED) is 0.764. The zero-order chi connectivity index (χ0) is 13.9. The van der Waals surface area contributed by atoms with Gasteiger partial charge in [0.2, 0.25) is 0 Å². The average Bonchev–Trinajstić information content (AvgIpc) is 2.31. The van der Waals surface area contributed by atoms with E-state index in [4.69, 9.17) is 9.84 Å². The van der Waals surface area contributed by atoms with Gasteiger partial charge in [-0.05, 0) is 37.1 Å². The van der Waals surface area contributed by atoms with E-state index in [9.17, 15) is 9.18 Å². The molecule has 0 amide bonds. The van der Waals surface area contributed by atoms with Crippen LogP contribution in [-0.2, 0) is 16.0 Å². The Hall–Kier alpha value is -1.46. The zero-order valence-corrected chi connectivity index (χ0v) is 10.9. The molecule has 1 saturated heterocycles. The van der Waals surface area contributed by atoms with Crippen molar-refractivity contribution in [1.82, 2.24) is 5.32 Å². The molecule has 2 N–H and O–H groups in total. The van der Waals surface area contributed by atoms with Crippen molar-refractivity contribution in [2.75, 3.05) is 26.3 Å². The fraction of sp³-hybridized carbons (Fsp3) is 0.500. The fourth-order valence-electron chi connectivity index (χ4n) is 2.07. The van der Waals surface area contributed by atoms with Crippen LogP contribution in [0.3, 0.4) is 0 Å². The molecular formula is C14H18FNO3. The summed E-state index contributed by atoms with van der Waals surface area (Å²) < 4.78 is 18.1. The number of carboxylic acid groups (broad SMARTS) is 1. The summed E-state index contributed by atoms with van der Waals surface area (Å²) in [4.78, 5) is 11.1. The number of benzene rings is 1. The molecular weight excluding hydrogens is 249 g/mol. The molecule has 1 heterocycles. The summed E-state index contributed by atoms with van der Waals surface area (Å²) in [5.41, 5.74) is 0.908. The lowest BCUT2D eigenvalue weighted by Crippen LogP contribution is -2.55. The van der Waals surface area contributed by atoms with Crippen LogP contribution in [0.2, 0.25) is 0 Å². The van der Waals surface area contributed by atoms with Crippen molar-refractivity contribution in [1.29, 1.82) is 0 Å². The van der Waals surface area contributed by atoms with E-state index in [1.165, 1.54) is 6.07 Å². The summed E-state index contributed by atoms with van der Waals surface area (Å²) in [6.45, 7) is 3.34. The number of aryl methyl sites for hydroxylation is 1. The second-order valence-electron chi connectivity index (χ2n) is 5.09. The summed E-state index contributed by atoms with van der Waals surface area (Å²) >= 11 is 0.